The normalized spacial score (nSPS) is 15.9. The van der Waals surface area contributed by atoms with Crippen molar-refractivity contribution in [1.82, 2.24) is 0 Å². The fraction of sp³-hybridized carbons (Fsp3) is 0.250. The Hall–Kier alpha value is -2.93. The van der Waals surface area contributed by atoms with Crippen LogP contribution in [0.5, 0.6) is 5.75 Å². The molecule has 2 aromatic rings. The van der Waals surface area contributed by atoms with Crippen LogP contribution in [0, 0.1) is 12.3 Å². The number of fused-ring (bicyclic) bond motifs is 1. The lowest BCUT2D eigenvalue weighted by atomic mass is 9.84. The first-order valence-corrected chi connectivity index (χ1v) is 7.86. The lowest BCUT2D eigenvalue weighted by Gasteiger charge is -2.28. The van der Waals surface area contributed by atoms with Gasteiger partial charge in [0.15, 0.2) is 0 Å². The van der Waals surface area contributed by atoms with Crippen LogP contribution in [-0.2, 0) is 4.79 Å². The maximum absolute atomic E-state index is 12.2. The number of hydrogen-bond acceptors (Lipinski definition) is 3. The number of rotatable bonds is 4. The third kappa shape index (κ3) is 3.07. The average Bonchev–Trinajstić information content (AvgIpc) is 2.58. The van der Waals surface area contributed by atoms with Crippen LogP contribution in [0.1, 0.15) is 23.5 Å². The topological polar surface area (TPSA) is 41.6 Å². The quantitative estimate of drug-likeness (QED) is 0.879. The van der Waals surface area contributed by atoms with Crippen LogP contribution in [0.25, 0.3) is 0 Å². The van der Waals surface area contributed by atoms with Gasteiger partial charge in [-0.2, -0.15) is 0 Å². The third-order valence-electron chi connectivity index (χ3n) is 4.20. The molecule has 4 heteroatoms. The molecule has 122 valence electrons. The Morgan fingerprint density at radius 2 is 2.04 bits per heavy atom. The Bertz CT molecular complexity index is 806. The van der Waals surface area contributed by atoms with Crippen LogP contribution in [0.4, 0.5) is 11.4 Å². The maximum atomic E-state index is 12.2. The Morgan fingerprint density at radius 1 is 1.25 bits per heavy atom. The predicted octanol–water partition coefficient (Wildman–Crippen LogP) is 3.24. The Labute approximate surface area is 142 Å². The van der Waals surface area contributed by atoms with Crippen LogP contribution in [0.3, 0.4) is 0 Å². The van der Waals surface area contributed by atoms with E-state index in [9.17, 15) is 4.79 Å². The number of carbonyl (C=O) groups is 1. The number of ether oxygens (including phenoxy) is 1. The van der Waals surface area contributed by atoms with Gasteiger partial charge >= 0.3 is 0 Å². The molecule has 1 unspecified atom stereocenters. The number of hydrogen-bond donors (Lipinski definition) is 1. The van der Waals surface area contributed by atoms with E-state index in [-0.39, 0.29) is 18.4 Å². The van der Waals surface area contributed by atoms with Gasteiger partial charge in [0.25, 0.3) is 0 Å². The van der Waals surface area contributed by atoms with Crippen molar-refractivity contribution in [2.75, 3.05) is 30.9 Å². The number of amides is 1. The first-order valence-electron chi connectivity index (χ1n) is 7.86. The molecule has 2 aromatic carbocycles. The molecule has 3 rings (SSSR count). The summed E-state index contributed by atoms with van der Waals surface area (Å²) >= 11 is 0. The third-order valence-corrected chi connectivity index (χ3v) is 4.20. The first kappa shape index (κ1) is 15.9. The molecule has 1 aliphatic rings. The summed E-state index contributed by atoms with van der Waals surface area (Å²) in [4.78, 5) is 14.2. The Kier molecular flexibility index (Phi) is 4.43. The number of para-hydroxylation sites is 1. The highest BCUT2D eigenvalue weighted by molar-refractivity contribution is 5.96. The molecular weight excluding hydrogens is 300 g/mol. The lowest BCUT2D eigenvalue weighted by Crippen LogP contribution is -2.24. The van der Waals surface area contributed by atoms with Crippen LogP contribution in [-0.4, -0.2) is 26.6 Å². The molecule has 1 aliphatic heterocycles. The summed E-state index contributed by atoms with van der Waals surface area (Å²) in [6, 6.07) is 13.9. The highest BCUT2D eigenvalue weighted by atomic mass is 16.5. The summed E-state index contributed by atoms with van der Waals surface area (Å²) in [6.45, 7) is 0.211. The van der Waals surface area contributed by atoms with E-state index >= 15 is 0 Å². The van der Waals surface area contributed by atoms with Crippen molar-refractivity contribution in [3.63, 3.8) is 0 Å². The van der Waals surface area contributed by atoms with Crippen LogP contribution >= 0.6 is 0 Å². The van der Waals surface area contributed by atoms with Gasteiger partial charge < -0.3 is 15.0 Å². The van der Waals surface area contributed by atoms with E-state index in [1.807, 2.05) is 49.3 Å². The molecule has 0 aliphatic carbocycles. The standard InChI is InChI=1S/C20H20N2O2/c1-4-11-24-19-8-6-5-7-16(19)17-13-20(23)21-18-12-14(22(2)3)9-10-15(17)18/h1,5-10,12,17H,11,13H2,2-3H3,(H,21,23). The van der Waals surface area contributed by atoms with Gasteiger partial charge in [-0.25, -0.2) is 0 Å². The highest BCUT2D eigenvalue weighted by Crippen LogP contribution is 2.41. The second-order valence-electron chi connectivity index (χ2n) is 6.00. The summed E-state index contributed by atoms with van der Waals surface area (Å²) in [6.07, 6.45) is 5.70. The number of carbonyl (C=O) groups excluding carboxylic acids is 1. The smallest absolute Gasteiger partial charge is 0.225 e. The SMILES string of the molecule is C#CCOc1ccccc1C1CC(=O)Nc2cc(N(C)C)ccc21. The molecule has 0 spiro atoms. The van der Waals surface area contributed by atoms with Gasteiger partial charge in [0.1, 0.15) is 12.4 Å². The second-order valence-corrected chi connectivity index (χ2v) is 6.00. The zero-order valence-corrected chi connectivity index (χ0v) is 13.9. The lowest BCUT2D eigenvalue weighted by molar-refractivity contribution is -0.116. The highest BCUT2D eigenvalue weighted by Gasteiger charge is 2.28. The van der Waals surface area contributed by atoms with Gasteiger partial charge in [-0.05, 0) is 23.8 Å². The molecule has 1 atom stereocenters. The largest absolute Gasteiger partial charge is 0.481 e. The van der Waals surface area contributed by atoms with Gasteiger partial charge in [0.2, 0.25) is 5.91 Å². The summed E-state index contributed by atoms with van der Waals surface area (Å²) in [5.74, 6) is 3.19. The van der Waals surface area contributed by atoms with Crippen molar-refractivity contribution in [1.29, 1.82) is 0 Å². The van der Waals surface area contributed by atoms with Crippen molar-refractivity contribution < 1.29 is 9.53 Å². The van der Waals surface area contributed by atoms with Crippen LogP contribution < -0.4 is 15.0 Å². The van der Waals surface area contributed by atoms with Gasteiger partial charge in [-0.15, -0.1) is 6.42 Å². The zero-order valence-electron chi connectivity index (χ0n) is 13.9. The number of nitrogens with one attached hydrogen (secondary N) is 1. The summed E-state index contributed by atoms with van der Waals surface area (Å²) < 4.78 is 5.68. The number of benzene rings is 2. The van der Waals surface area contributed by atoms with Crippen LogP contribution in [0.15, 0.2) is 42.5 Å². The van der Waals surface area contributed by atoms with Crippen LogP contribution in [0.2, 0.25) is 0 Å². The van der Waals surface area contributed by atoms with Crippen molar-refractivity contribution in [3.05, 3.63) is 53.6 Å². The minimum atomic E-state index is -0.0427. The average molecular weight is 320 g/mol. The molecule has 0 saturated carbocycles. The Morgan fingerprint density at radius 3 is 2.79 bits per heavy atom. The van der Waals surface area contributed by atoms with Crippen molar-refractivity contribution in [3.8, 4) is 18.1 Å². The molecule has 0 aromatic heterocycles. The molecule has 1 heterocycles. The summed E-state index contributed by atoms with van der Waals surface area (Å²) in [5.41, 5.74) is 3.99. The molecule has 0 bridgehead atoms. The summed E-state index contributed by atoms with van der Waals surface area (Å²) in [7, 11) is 3.96. The van der Waals surface area contributed by atoms with E-state index in [0.29, 0.717) is 6.42 Å². The molecule has 24 heavy (non-hydrogen) atoms. The molecule has 0 fully saturated rings. The predicted molar refractivity (Wildman–Crippen MR) is 96.6 cm³/mol. The minimum Gasteiger partial charge on any atom is -0.481 e. The van der Waals surface area contributed by atoms with Gasteiger partial charge in [0.05, 0.1) is 0 Å². The fourth-order valence-corrected chi connectivity index (χ4v) is 3.03. The van der Waals surface area contributed by atoms with E-state index in [1.165, 1.54) is 0 Å². The van der Waals surface area contributed by atoms with Gasteiger partial charge in [-0.1, -0.05) is 30.2 Å². The molecule has 4 nitrogen and oxygen atoms in total. The molecule has 1 amide bonds. The van der Waals surface area contributed by atoms with Gasteiger partial charge in [-0.3, -0.25) is 4.79 Å². The monoisotopic (exact) mass is 320 g/mol. The van der Waals surface area contributed by atoms with Crippen molar-refractivity contribution >= 4 is 17.3 Å². The van der Waals surface area contributed by atoms with E-state index in [0.717, 1.165) is 28.3 Å². The zero-order chi connectivity index (χ0) is 17.1. The fourth-order valence-electron chi connectivity index (χ4n) is 3.03. The second kappa shape index (κ2) is 6.67. The number of terminal acetylenes is 1. The van der Waals surface area contributed by atoms with Crippen molar-refractivity contribution in [2.45, 2.75) is 12.3 Å². The van der Waals surface area contributed by atoms with E-state index < -0.39 is 0 Å². The molecule has 0 radical (unpaired) electrons. The number of nitrogens with zero attached hydrogens (tertiary/aromatic N) is 1. The van der Waals surface area contributed by atoms with E-state index in [4.69, 9.17) is 11.2 Å². The minimum absolute atomic E-state index is 0.00941. The summed E-state index contributed by atoms with van der Waals surface area (Å²) in [5, 5.41) is 2.98. The molecular formula is C20H20N2O2. The number of anilines is 2. The maximum Gasteiger partial charge on any atom is 0.225 e. The first-order chi connectivity index (χ1) is 11.6. The molecule has 1 N–H and O–H groups in total. The Balaban J connectivity index is 2.05. The van der Waals surface area contributed by atoms with Gasteiger partial charge in [0, 0.05) is 43.4 Å². The van der Waals surface area contributed by atoms with E-state index in [2.05, 4.69) is 23.4 Å². The molecule has 0 saturated heterocycles. The van der Waals surface area contributed by atoms with E-state index in [1.54, 1.807) is 0 Å². The van der Waals surface area contributed by atoms with Crippen molar-refractivity contribution in [2.24, 2.45) is 0 Å².